The van der Waals surface area contributed by atoms with Crippen molar-refractivity contribution in [2.45, 2.75) is 55.4 Å². The summed E-state index contributed by atoms with van der Waals surface area (Å²) in [4.78, 5) is 0. The molecule has 0 nitrogen and oxygen atoms in total. The second kappa shape index (κ2) is 16.7. The molecule has 0 unspecified atom stereocenters. The highest BCUT2D eigenvalue weighted by molar-refractivity contribution is 7.02. The molecule has 0 saturated heterocycles. The van der Waals surface area contributed by atoms with Crippen LogP contribution in [0.3, 0.4) is 0 Å². The molecule has 0 atom stereocenters. The fourth-order valence-electron chi connectivity index (χ4n) is 14.4. The van der Waals surface area contributed by atoms with Gasteiger partial charge in [-0.1, -0.05) is 271 Å². The first-order valence-corrected chi connectivity index (χ1v) is 26.6. The lowest BCUT2D eigenvalue weighted by Crippen LogP contribution is -2.51. The van der Waals surface area contributed by atoms with Gasteiger partial charge in [-0.2, -0.15) is 0 Å². The molecule has 0 saturated carbocycles. The smallest absolute Gasteiger partial charge is 0.0622 e. The van der Waals surface area contributed by atoms with Gasteiger partial charge in [-0.15, -0.1) is 0 Å². The summed E-state index contributed by atoms with van der Waals surface area (Å²) in [5.41, 5.74) is 34.6. The molecule has 0 spiro atoms. The largest absolute Gasteiger partial charge is 0.244 e. The van der Waals surface area contributed by atoms with Crippen molar-refractivity contribution < 1.29 is 0 Å². The lowest BCUT2D eigenvalue weighted by atomic mass is 9.36. The second-order valence-electron chi connectivity index (χ2n) is 22.0. The Morgan fingerprint density at radius 3 is 0.838 bits per heavy atom. The summed E-state index contributed by atoms with van der Waals surface area (Å²) in [5, 5.41) is 7.92. The summed E-state index contributed by atoms with van der Waals surface area (Å²) in [6, 6.07) is 74.9. The molecule has 2 heteroatoms. The minimum absolute atomic E-state index is 0.0384. The van der Waals surface area contributed by atoms with E-state index < -0.39 is 0 Å². The van der Waals surface area contributed by atoms with E-state index in [9.17, 15) is 0 Å². The predicted octanol–water partition coefficient (Wildman–Crippen LogP) is 14.7. The summed E-state index contributed by atoms with van der Waals surface area (Å²) in [6.45, 7) is 18.5. The van der Waals surface area contributed by atoms with Gasteiger partial charge in [0.25, 0.3) is 0 Å². The maximum atomic E-state index is 2.61. The normalized spacial score (nSPS) is 12.5. The van der Waals surface area contributed by atoms with Crippen molar-refractivity contribution in [1.82, 2.24) is 0 Å². The number of hydrogen-bond acceptors (Lipinski definition) is 0. The first kappa shape index (κ1) is 44.5. The average Bonchev–Trinajstić information content (AvgIpc) is 3.92. The fourth-order valence-corrected chi connectivity index (χ4v) is 14.4. The molecule has 2 aliphatic rings. The molecule has 0 aliphatic carbocycles. The Hall–Kier alpha value is -8.19. The number of fused-ring (bicyclic) bond motifs is 6. The molecule has 0 bridgehead atoms. The molecule has 74 heavy (non-hydrogen) atoms. The van der Waals surface area contributed by atoms with E-state index in [1.54, 1.807) is 0 Å². The molecule has 0 N–H and O–H groups in total. The summed E-state index contributed by atoms with van der Waals surface area (Å²) >= 11 is 0. The third kappa shape index (κ3) is 6.57. The molecule has 12 aromatic rings. The molecule has 0 amide bonds. The van der Waals surface area contributed by atoms with Crippen molar-refractivity contribution in [2.24, 2.45) is 0 Å². The first-order valence-electron chi connectivity index (χ1n) is 26.6. The summed E-state index contributed by atoms with van der Waals surface area (Å²) in [5.74, 6) is 0. The molecular weight excluding hydrogens is 886 g/mol. The maximum absolute atomic E-state index is 2.61. The lowest BCUT2D eigenvalue weighted by molar-refractivity contribution is 1.40. The van der Waals surface area contributed by atoms with E-state index in [2.05, 4.69) is 250 Å². The zero-order valence-electron chi connectivity index (χ0n) is 43.6. The molecule has 14 rings (SSSR count). The molecule has 2 heterocycles. The number of rotatable bonds is 6. The van der Waals surface area contributed by atoms with Crippen LogP contribution in [0, 0.1) is 55.4 Å². The monoisotopic (exact) mass is 942 g/mol. The summed E-state index contributed by atoms with van der Waals surface area (Å²) in [6.07, 6.45) is 0. The van der Waals surface area contributed by atoms with Gasteiger partial charge >= 0.3 is 0 Å². The standard InChI is InChI=1S/C72H56B2/c1-41-31-45(5)69-61(35-41)62-36-42(2)32-46(6)70(62)73(69)65-39-59(53-25-17-15-23-51(53)49-19-11-9-12-20-49)55-28-30-58-66(74-71-47(7)33-43(3)37-63(71)64-38-44(4)34-48(8)72(64)74)40-60(56-27-29-57(65)67(55)68(56)58)54-26-18-16-24-52(54)50-21-13-10-14-22-50/h9-40H,1-8H3. The highest BCUT2D eigenvalue weighted by Crippen LogP contribution is 2.46. The van der Waals surface area contributed by atoms with Crippen LogP contribution in [0.25, 0.3) is 99.1 Å². The molecular formula is C72H56B2. The van der Waals surface area contributed by atoms with Crippen LogP contribution in [0.5, 0.6) is 0 Å². The highest BCUT2D eigenvalue weighted by Gasteiger charge is 2.41. The Kier molecular flexibility index (Phi) is 10.0. The fraction of sp³-hybridized carbons (Fsp3) is 0.111. The Morgan fingerprint density at radius 2 is 0.514 bits per heavy atom. The van der Waals surface area contributed by atoms with Crippen molar-refractivity contribution in [2.75, 3.05) is 0 Å². The van der Waals surface area contributed by atoms with Gasteiger partial charge in [-0.25, -0.2) is 0 Å². The van der Waals surface area contributed by atoms with Crippen LogP contribution in [0.15, 0.2) is 194 Å². The minimum Gasteiger partial charge on any atom is -0.0622 e. The van der Waals surface area contributed by atoms with Crippen LogP contribution in [0.2, 0.25) is 0 Å². The van der Waals surface area contributed by atoms with Crippen LogP contribution in [-0.4, -0.2) is 13.4 Å². The molecule has 350 valence electrons. The van der Waals surface area contributed by atoms with Crippen molar-refractivity contribution >= 4 is 78.5 Å². The van der Waals surface area contributed by atoms with Gasteiger partial charge in [0.05, 0.1) is 0 Å². The topological polar surface area (TPSA) is 0 Å². The van der Waals surface area contributed by atoms with Crippen LogP contribution >= 0.6 is 0 Å². The van der Waals surface area contributed by atoms with E-state index in [0.29, 0.717) is 0 Å². The summed E-state index contributed by atoms with van der Waals surface area (Å²) < 4.78 is 0. The van der Waals surface area contributed by atoms with Crippen molar-refractivity contribution in [1.29, 1.82) is 0 Å². The third-order valence-electron chi connectivity index (χ3n) is 17.0. The van der Waals surface area contributed by atoms with Crippen LogP contribution in [0.1, 0.15) is 44.5 Å². The zero-order chi connectivity index (χ0) is 50.3. The van der Waals surface area contributed by atoms with E-state index >= 15 is 0 Å². The number of benzene rings is 12. The Balaban J connectivity index is 1.18. The van der Waals surface area contributed by atoms with E-state index in [1.807, 2.05) is 0 Å². The van der Waals surface area contributed by atoms with Crippen LogP contribution < -0.4 is 32.8 Å². The van der Waals surface area contributed by atoms with Gasteiger partial charge in [0.2, 0.25) is 13.4 Å². The molecule has 0 radical (unpaired) electrons. The SMILES string of the molecule is Cc1cc(C)c2c(c1)-c1cc(C)cc(C)c1B2c1cc(-c2ccccc2-c2ccccc2)c2ccc3c(B4c5c(C)cc(C)cc5-c5cc(C)cc(C)c54)cc(-c4ccccc4-c4ccccc4)c4ccc1c2c34. The van der Waals surface area contributed by atoms with Gasteiger partial charge in [-0.05, 0) is 154 Å². The van der Waals surface area contributed by atoms with E-state index in [1.165, 1.54) is 176 Å². The zero-order valence-corrected chi connectivity index (χ0v) is 43.6. The van der Waals surface area contributed by atoms with Crippen molar-refractivity contribution in [3.63, 3.8) is 0 Å². The Bertz CT molecular complexity index is 3930. The number of aryl methyl sites for hydroxylation is 8. The first-order chi connectivity index (χ1) is 36.0. The molecule has 2 aliphatic heterocycles. The third-order valence-corrected chi connectivity index (χ3v) is 17.0. The van der Waals surface area contributed by atoms with E-state index in [-0.39, 0.29) is 13.4 Å². The van der Waals surface area contributed by atoms with Crippen LogP contribution in [0.4, 0.5) is 0 Å². The van der Waals surface area contributed by atoms with Gasteiger partial charge in [0.1, 0.15) is 0 Å². The maximum Gasteiger partial charge on any atom is 0.244 e. The van der Waals surface area contributed by atoms with E-state index in [0.717, 1.165) is 0 Å². The molecule has 12 aromatic carbocycles. The van der Waals surface area contributed by atoms with E-state index in [4.69, 9.17) is 0 Å². The molecule has 0 aromatic heterocycles. The Morgan fingerprint density at radius 1 is 0.230 bits per heavy atom. The quantitative estimate of drug-likeness (QED) is 0.115. The van der Waals surface area contributed by atoms with Gasteiger partial charge in [0.15, 0.2) is 0 Å². The highest BCUT2D eigenvalue weighted by atomic mass is 14.3. The molecule has 0 fully saturated rings. The number of hydrogen-bond donors (Lipinski definition) is 0. The van der Waals surface area contributed by atoms with Gasteiger partial charge < -0.3 is 0 Å². The van der Waals surface area contributed by atoms with Gasteiger partial charge in [0, 0.05) is 0 Å². The van der Waals surface area contributed by atoms with Crippen LogP contribution in [-0.2, 0) is 0 Å². The Labute approximate surface area is 436 Å². The minimum atomic E-state index is 0.0384. The van der Waals surface area contributed by atoms with Crippen molar-refractivity contribution in [3.05, 3.63) is 239 Å². The van der Waals surface area contributed by atoms with Crippen molar-refractivity contribution in [3.8, 4) is 66.8 Å². The lowest BCUT2D eigenvalue weighted by Gasteiger charge is -2.26. The summed E-state index contributed by atoms with van der Waals surface area (Å²) in [7, 11) is 0. The van der Waals surface area contributed by atoms with Gasteiger partial charge in [-0.3, -0.25) is 0 Å². The predicted molar refractivity (Wildman–Crippen MR) is 323 cm³/mol. The second-order valence-corrected chi connectivity index (χ2v) is 22.0. The average molecular weight is 943 g/mol.